The van der Waals surface area contributed by atoms with E-state index in [0.717, 1.165) is 4.88 Å². The smallest absolute Gasteiger partial charge is 0.419 e. The molecule has 2 heterocycles. The third-order valence-electron chi connectivity index (χ3n) is 3.81. The van der Waals surface area contributed by atoms with Crippen molar-refractivity contribution in [2.75, 3.05) is 0 Å². The van der Waals surface area contributed by atoms with Gasteiger partial charge in [0.1, 0.15) is 0 Å². The third-order valence-corrected chi connectivity index (χ3v) is 4.68. The minimum atomic E-state index is -0.903. The van der Waals surface area contributed by atoms with Gasteiger partial charge in [-0.2, -0.15) is 0 Å². The molecule has 1 amide bonds. The molecule has 3 rings (SSSR count). The molecule has 1 atom stereocenters. The molecule has 0 aliphatic heterocycles. The molecule has 0 unspecified atom stereocenters. The van der Waals surface area contributed by atoms with Gasteiger partial charge in [-0.1, -0.05) is 18.2 Å². The second kappa shape index (κ2) is 8.01. The first-order chi connectivity index (χ1) is 12.5. The molecule has 0 aliphatic carbocycles. The van der Waals surface area contributed by atoms with Gasteiger partial charge in [-0.25, -0.2) is 4.79 Å². The predicted molar refractivity (Wildman–Crippen MR) is 96.8 cm³/mol. The highest BCUT2D eigenvalue weighted by molar-refractivity contribution is 7.09. The summed E-state index contributed by atoms with van der Waals surface area (Å²) in [5, 5.41) is 4.64. The van der Waals surface area contributed by atoms with Crippen LogP contribution in [0.1, 0.15) is 18.2 Å². The van der Waals surface area contributed by atoms with Crippen LogP contribution < -0.4 is 11.1 Å². The van der Waals surface area contributed by atoms with E-state index in [4.69, 9.17) is 9.15 Å². The van der Waals surface area contributed by atoms with Gasteiger partial charge in [0, 0.05) is 11.4 Å². The zero-order chi connectivity index (χ0) is 18.5. The first kappa shape index (κ1) is 17.9. The maximum Gasteiger partial charge on any atom is 0.419 e. The average molecular weight is 374 g/mol. The first-order valence-corrected chi connectivity index (χ1v) is 9.00. The normalized spacial score (nSPS) is 12.0. The van der Waals surface area contributed by atoms with E-state index in [2.05, 4.69) is 5.32 Å². The van der Waals surface area contributed by atoms with Crippen molar-refractivity contribution >= 4 is 34.3 Å². The number of nitrogens with one attached hydrogen (secondary N) is 1. The number of aryl methyl sites for hydroxylation is 1. The summed E-state index contributed by atoms with van der Waals surface area (Å²) in [7, 11) is 0. The maximum absolute atomic E-state index is 12.0. The number of oxazole rings is 1. The SMILES string of the molecule is C[C@@H](OC(=O)CCn1c(=O)oc2ccccc21)C(=O)NCc1cccs1. The van der Waals surface area contributed by atoms with E-state index in [0.29, 0.717) is 17.6 Å². The lowest BCUT2D eigenvalue weighted by molar-refractivity contribution is -0.155. The Morgan fingerprint density at radius 1 is 1.27 bits per heavy atom. The molecular weight excluding hydrogens is 356 g/mol. The number of fused-ring (bicyclic) bond motifs is 1. The van der Waals surface area contributed by atoms with Crippen LogP contribution in [0.2, 0.25) is 0 Å². The summed E-state index contributed by atoms with van der Waals surface area (Å²) in [5.41, 5.74) is 1.08. The molecule has 0 bridgehead atoms. The predicted octanol–water partition coefficient (Wildman–Crippen LogP) is 2.29. The van der Waals surface area contributed by atoms with E-state index in [1.807, 2.05) is 17.5 Å². The summed E-state index contributed by atoms with van der Waals surface area (Å²) in [6, 6.07) is 10.8. The molecule has 0 fully saturated rings. The fourth-order valence-corrected chi connectivity index (χ4v) is 3.11. The van der Waals surface area contributed by atoms with Crippen molar-refractivity contribution in [1.82, 2.24) is 9.88 Å². The lowest BCUT2D eigenvalue weighted by atomic mass is 10.3. The van der Waals surface area contributed by atoms with Crippen molar-refractivity contribution in [3.8, 4) is 0 Å². The van der Waals surface area contributed by atoms with Gasteiger partial charge >= 0.3 is 11.7 Å². The Bertz CT molecular complexity index is 958. The minimum absolute atomic E-state index is 0.0357. The number of rotatable bonds is 7. The Morgan fingerprint density at radius 3 is 2.85 bits per heavy atom. The molecule has 1 N–H and O–H groups in total. The van der Waals surface area contributed by atoms with Gasteiger partial charge in [-0.3, -0.25) is 14.2 Å². The number of benzene rings is 1. The van der Waals surface area contributed by atoms with Crippen LogP contribution in [-0.4, -0.2) is 22.5 Å². The second-order valence-electron chi connectivity index (χ2n) is 5.67. The molecule has 0 aliphatic rings. The summed E-state index contributed by atoms with van der Waals surface area (Å²) in [6.07, 6.45) is -0.938. The highest BCUT2D eigenvalue weighted by atomic mass is 32.1. The second-order valence-corrected chi connectivity index (χ2v) is 6.70. The number of carbonyl (C=O) groups is 2. The third kappa shape index (κ3) is 4.20. The maximum atomic E-state index is 12.0. The van der Waals surface area contributed by atoms with Crippen LogP contribution in [0.15, 0.2) is 51.0 Å². The van der Waals surface area contributed by atoms with Gasteiger partial charge < -0.3 is 14.5 Å². The highest BCUT2D eigenvalue weighted by Crippen LogP contribution is 2.12. The van der Waals surface area contributed by atoms with Gasteiger partial charge in [0.15, 0.2) is 11.7 Å². The zero-order valence-electron chi connectivity index (χ0n) is 14.1. The Balaban J connectivity index is 1.51. The van der Waals surface area contributed by atoms with E-state index in [1.54, 1.807) is 24.3 Å². The molecule has 7 nitrogen and oxygen atoms in total. The quantitative estimate of drug-likeness (QED) is 0.641. The van der Waals surface area contributed by atoms with Crippen molar-refractivity contribution in [3.63, 3.8) is 0 Å². The van der Waals surface area contributed by atoms with Gasteiger partial charge in [-0.15, -0.1) is 11.3 Å². The summed E-state index contributed by atoms with van der Waals surface area (Å²) in [4.78, 5) is 36.8. The summed E-state index contributed by atoms with van der Waals surface area (Å²) >= 11 is 1.54. The van der Waals surface area contributed by atoms with Crippen molar-refractivity contribution in [2.45, 2.75) is 32.5 Å². The number of amides is 1. The molecule has 1 aromatic carbocycles. The Morgan fingerprint density at radius 2 is 2.08 bits per heavy atom. The van der Waals surface area contributed by atoms with Gasteiger partial charge in [-0.05, 0) is 30.5 Å². The Labute approximate surface area is 153 Å². The molecule has 0 saturated heterocycles. The Hall–Kier alpha value is -2.87. The number of carbonyl (C=O) groups excluding carboxylic acids is 2. The van der Waals surface area contributed by atoms with E-state index in [9.17, 15) is 14.4 Å². The minimum Gasteiger partial charge on any atom is -0.452 e. The van der Waals surface area contributed by atoms with Crippen LogP contribution in [0.4, 0.5) is 0 Å². The van der Waals surface area contributed by atoms with Crippen LogP contribution in [-0.2, 0) is 27.4 Å². The van der Waals surface area contributed by atoms with E-state index >= 15 is 0 Å². The number of hydrogen-bond donors (Lipinski definition) is 1. The fraction of sp³-hybridized carbons (Fsp3) is 0.278. The van der Waals surface area contributed by atoms with Gasteiger partial charge in [0.2, 0.25) is 0 Å². The number of ether oxygens (including phenoxy) is 1. The van der Waals surface area contributed by atoms with E-state index in [1.165, 1.54) is 22.8 Å². The number of hydrogen-bond acceptors (Lipinski definition) is 6. The Kier molecular flexibility index (Phi) is 5.52. The fourth-order valence-electron chi connectivity index (χ4n) is 2.47. The summed E-state index contributed by atoms with van der Waals surface area (Å²) < 4.78 is 11.6. The number of para-hydroxylation sites is 2. The van der Waals surface area contributed by atoms with Crippen LogP contribution in [0.5, 0.6) is 0 Å². The molecule has 0 radical (unpaired) electrons. The number of aromatic nitrogens is 1. The molecule has 2 aromatic heterocycles. The van der Waals surface area contributed by atoms with Crippen LogP contribution >= 0.6 is 11.3 Å². The molecule has 0 saturated carbocycles. The molecule has 136 valence electrons. The van der Waals surface area contributed by atoms with Gasteiger partial charge in [0.25, 0.3) is 5.91 Å². The number of esters is 1. The lowest BCUT2D eigenvalue weighted by Crippen LogP contribution is -2.35. The van der Waals surface area contributed by atoms with Gasteiger partial charge in [0.05, 0.1) is 18.5 Å². The van der Waals surface area contributed by atoms with Crippen LogP contribution in [0.3, 0.4) is 0 Å². The average Bonchev–Trinajstić information content (AvgIpc) is 3.24. The number of thiophene rings is 1. The summed E-state index contributed by atoms with van der Waals surface area (Å²) in [5.74, 6) is -1.45. The van der Waals surface area contributed by atoms with Crippen molar-refractivity contribution in [2.24, 2.45) is 0 Å². The molecular formula is C18H18N2O5S. The first-order valence-electron chi connectivity index (χ1n) is 8.12. The molecule has 26 heavy (non-hydrogen) atoms. The summed E-state index contributed by atoms with van der Waals surface area (Å²) in [6.45, 7) is 2.04. The standard InChI is InChI=1S/C18H18N2O5S/c1-12(17(22)19-11-13-5-4-10-26-13)24-16(21)8-9-20-14-6-2-3-7-15(14)25-18(20)23/h2-7,10,12H,8-9,11H2,1H3,(H,19,22)/t12-/m1/s1. The molecule has 8 heteroatoms. The van der Waals surface area contributed by atoms with Crippen LogP contribution in [0.25, 0.3) is 11.1 Å². The molecule has 0 spiro atoms. The lowest BCUT2D eigenvalue weighted by Gasteiger charge is -2.13. The van der Waals surface area contributed by atoms with Crippen molar-refractivity contribution < 1.29 is 18.7 Å². The highest BCUT2D eigenvalue weighted by Gasteiger charge is 2.18. The van der Waals surface area contributed by atoms with E-state index in [-0.39, 0.29) is 18.9 Å². The van der Waals surface area contributed by atoms with E-state index < -0.39 is 17.8 Å². The largest absolute Gasteiger partial charge is 0.452 e. The zero-order valence-corrected chi connectivity index (χ0v) is 15.0. The van der Waals surface area contributed by atoms with Crippen LogP contribution in [0, 0.1) is 0 Å². The van der Waals surface area contributed by atoms with Crippen molar-refractivity contribution in [3.05, 3.63) is 57.2 Å². The van der Waals surface area contributed by atoms with Crippen molar-refractivity contribution in [1.29, 1.82) is 0 Å². The molecule has 3 aromatic rings. The topological polar surface area (TPSA) is 90.5 Å². The monoisotopic (exact) mass is 374 g/mol. The number of nitrogens with zero attached hydrogens (tertiary/aromatic N) is 1.